The fourth-order valence-corrected chi connectivity index (χ4v) is 4.06. The Balaban J connectivity index is 0.000000356. The highest BCUT2D eigenvalue weighted by Crippen LogP contribution is 2.23. The number of benzene rings is 3. The van der Waals surface area contributed by atoms with Crippen LogP contribution in [-0.2, 0) is 24.2 Å². The molecule has 1 heterocycles. The van der Waals surface area contributed by atoms with E-state index in [9.17, 15) is 4.79 Å². The Hall–Kier alpha value is -4.06. The molecule has 3 aromatic carbocycles. The number of amides is 1. The monoisotopic (exact) mass is 498 g/mol. The first-order valence-electron chi connectivity index (χ1n) is 12.9. The molecule has 0 radical (unpaired) electrons. The summed E-state index contributed by atoms with van der Waals surface area (Å²) >= 11 is 0. The summed E-state index contributed by atoms with van der Waals surface area (Å²) in [7, 11) is 1.64. The molecule has 3 N–H and O–H groups in total. The van der Waals surface area contributed by atoms with Gasteiger partial charge in [0, 0.05) is 17.6 Å². The molecule has 1 aliphatic rings. The van der Waals surface area contributed by atoms with Crippen LogP contribution in [0.2, 0.25) is 0 Å². The summed E-state index contributed by atoms with van der Waals surface area (Å²) in [6.07, 6.45) is 5.46. The van der Waals surface area contributed by atoms with E-state index in [2.05, 4.69) is 43.3 Å². The predicted molar refractivity (Wildman–Crippen MR) is 154 cm³/mol. The van der Waals surface area contributed by atoms with E-state index < -0.39 is 0 Å². The van der Waals surface area contributed by atoms with E-state index in [1.165, 1.54) is 11.1 Å². The van der Waals surface area contributed by atoms with Crippen molar-refractivity contribution in [3.05, 3.63) is 101 Å². The topological polar surface area (TPSA) is 80.0 Å². The fourth-order valence-electron chi connectivity index (χ4n) is 4.06. The van der Waals surface area contributed by atoms with Crippen LogP contribution in [0.5, 0.6) is 5.75 Å². The van der Waals surface area contributed by atoms with Gasteiger partial charge in [-0.05, 0) is 60.2 Å². The van der Waals surface area contributed by atoms with Crippen molar-refractivity contribution < 1.29 is 9.53 Å². The number of nitrogen functional groups attached to an aromatic ring is 1. The summed E-state index contributed by atoms with van der Waals surface area (Å²) < 4.78 is 5.19. The number of ether oxygens (including phenoxy) is 1. The van der Waals surface area contributed by atoms with Crippen molar-refractivity contribution in [3.8, 4) is 5.75 Å². The number of hydrogen-bond donors (Lipinski definition) is 2. The maximum absolute atomic E-state index is 13.0. The first-order valence-corrected chi connectivity index (χ1v) is 12.9. The van der Waals surface area contributed by atoms with Crippen LogP contribution in [0.3, 0.4) is 0 Å². The van der Waals surface area contributed by atoms with Gasteiger partial charge in [0.15, 0.2) is 0 Å². The zero-order chi connectivity index (χ0) is 26.6. The molecule has 194 valence electrons. The standard InChI is InChI=1S/C23H27N3O2.C8H11N/c1-4-8-22-20(15-24-21-10-7-6-9-18(21)5-2)23(27)26(25-22)16-17-11-13-19(28-3)14-12-17;1-2-7-5-3-4-6-8(7)9/h6-7,9-15,24H,4-5,8,16H2,1-3H3;3-6H,2,9H2,1H3. The van der Waals surface area contributed by atoms with Crippen LogP contribution in [0.25, 0.3) is 0 Å². The van der Waals surface area contributed by atoms with Gasteiger partial charge in [-0.3, -0.25) is 4.79 Å². The van der Waals surface area contributed by atoms with E-state index in [1.807, 2.05) is 60.7 Å². The molecule has 0 spiro atoms. The van der Waals surface area contributed by atoms with Gasteiger partial charge in [-0.15, -0.1) is 0 Å². The van der Waals surface area contributed by atoms with Gasteiger partial charge in [0.05, 0.1) is 24.9 Å². The Morgan fingerprint density at radius 1 is 0.919 bits per heavy atom. The first-order chi connectivity index (χ1) is 18.0. The van der Waals surface area contributed by atoms with Crippen LogP contribution >= 0.6 is 0 Å². The Labute approximate surface area is 220 Å². The summed E-state index contributed by atoms with van der Waals surface area (Å²) in [5, 5.41) is 9.46. The third kappa shape index (κ3) is 7.46. The van der Waals surface area contributed by atoms with E-state index in [4.69, 9.17) is 10.5 Å². The zero-order valence-electron chi connectivity index (χ0n) is 22.3. The fraction of sp³-hybridized carbons (Fsp3) is 0.290. The van der Waals surface area contributed by atoms with Gasteiger partial charge in [0.1, 0.15) is 5.75 Å². The lowest BCUT2D eigenvalue weighted by atomic mass is 10.1. The first kappa shape index (κ1) is 27.5. The van der Waals surface area contributed by atoms with Gasteiger partial charge in [-0.25, -0.2) is 5.01 Å². The molecule has 0 saturated heterocycles. The number of anilines is 2. The largest absolute Gasteiger partial charge is 0.497 e. The minimum atomic E-state index is -0.0688. The molecule has 0 unspecified atom stereocenters. The summed E-state index contributed by atoms with van der Waals surface area (Å²) in [5.74, 6) is 0.729. The summed E-state index contributed by atoms with van der Waals surface area (Å²) in [6.45, 7) is 6.76. The van der Waals surface area contributed by atoms with E-state index in [0.29, 0.717) is 12.1 Å². The molecular formula is C31H38N4O2. The molecule has 0 aliphatic carbocycles. The number of hydrazone groups is 1. The zero-order valence-corrected chi connectivity index (χ0v) is 22.3. The summed E-state index contributed by atoms with van der Waals surface area (Å²) in [6, 6.07) is 23.8. The van der Waals surface area contributed by atoms with Crippen molar-refractivity contribution >= 4 is 23.0 Å². The number of nitrogens with two attached hydrogens (primary N) is 1. The molecule has 1 aliphatic heterocycles. The van der Waals surface area contributed by atoms with Crippen LogP contribution in [-0.4, -0.2) is 23.7 Å². The Kier molecular flexibility index (Phi) is 10.3. The number of para-hydroxylation sites is 2. The highest BCUT2D eigenvalue weighted by molar-refractivity contribution is 6.24. The smallest absolute Gasteiger partial charge is 0.277 e. The molecule has 0 atom stereocenters. The lowest BCUT2D eigenvalue weighted by molar-refractivity contribution is -0.126. The Morgan fingerprint density at radius 2 is 1.57 bits per heavy atom. The lowest BCUT2D eigenvalue weighted by Gasteiger charge is -2.12. The number of carbonyl (C=O) groups excluding carboxylic acids is 1. The Morgan fingerprint density at radius 3 is 2.16 bits per heavy atom. The van der Waals surface area contributed by atoms with Crippen LogP contribution in [0.4, 0.5) is 11.4 Å². The molecule has 6 heteroatoms. The van der Waals surface area contributed by atoms with Gasteiger partial charge in [-0.1, -0.05) is 75.7 Å². The van der Waals surface area contributed by atoms with Gasteiger partial charge in [0.25, 0.3) is 5.91 Å². The second kappa shape index (κ2) is 13.9. The SMILES string of the molecule is CCCC1=NN(Cc2ccc(OC)cc2)C(=O)C1=CNc1ccccc1CC.CCc1ccccc1N. The van der Waals surface area contributed by atoms with Crippen LogP contribution in [0.1, 0.15) is 50.3 Å². The number of carbonyl (C=O) groups is 1. The van der Waals surface area contributed by atoms with Gasteiger partial charge < -0.3 is 15.8 Å². The molecule has 0 fully saturated rings. The molecule has 37 heavy (non-hydrogen) atoms. The third-order valence-corrected chi connectivity index (χ3v) is 6.20. The van der Waals surface area contributed by atoms with Crippen molar-refractivity contribution in [2.75, 3.05) is 18.2 Å². The molecule has 3 aromatic rings. The highest BCUT2D eigenvalue weighted by Gasteiger charge is 2.29. The Bertz CT molecular complexity index is 1230. The van der Waals surface area contributed by atoms with Crippen molar-refractivity contribution in [1.29, 1.82) is 0 Å². The maximum atomic E-state index is 13.0. The minimum absolute atomic E-state index is 0.0688. The van der Waals surface area contributed by atoms with Crippen LogP contribution < -0.4 is 15.8 Å². The van der Waals surface area contributed by atoms with E-state index >= 15 is 0 Å². The lowest BCUT2D eigenvalue weighted by Crippen LogP contribution is -2.22. The molecule has 0 saturated carbocycles. The second-order valence-corrected chi connectivity index (χ2v) is 8.77. The minimum Gasteiger partial charge on any atom is -0.497 e. The quantitative estimate of drug-likeness (QED) is 0.258. The van der Waals surface area contributed by atoms with Gasteiger partial charge in [0.2, 0.25) is 0 Å². The van der Waals surface area contributed by atoms with E-state index in [0.717, 1.165) is 54.1 Å². The van der Waals surface area contributed by atoms with Crippen molar-refractivity contribution in [3.63, 3.8) is 0 Å². The summed E-state index contributed by atoms with van der Waals surface area (Å²) in [5.41, 5.74) is 12.5. The molecule has 0 bridgehead atoms. The number of rotatable bonds is 9. The summed E-state index contributed by atoms with van der Waals surface area (Å²) in [4.78, 5) is 13.0. The highest BCUT2D eigenvalue weighted by atomic mass is 16.5. The van der Waals surface area contributed by atoms with E-state index in [-0.39, 0.29) is 5.91 Å². The third-order valence-electron chi connectivity index (χ3n) is 6.20. The molecule has 4 rings (SSSR count). The average molecular weight is 499 g/mol. The molecule has 0 aromatic heterocycles. The van der Waals surface area contributed by atoms with Gasteiger partial charge in [-0.2, -0.15) is 5.10 Å². The number of methoxy groups -OCH3 is 1. The van der Waals surface area contributed by atoms with Gasteiger partial charge >= 0.3 is 0 Å². The van der Waals surface area contributed by atoms with Crippen molar-refractivity contribution in [2.45, 2.75) is 53.0 Å². The second-order valence-electron chi connectivity index (χ2n) is 8.77. The number of aryl methyl sites for hydroxylation is 2. The molecule has 1 amide bonds. The van der Waals surface area contributed by atoms with Crippen LogP contribution in [0.15, 0.2) is 89.7 Å². The predicted octanol–water partition coefficient (Wildman–Crippen LogP) is 6.58. The van der Waals surface area contributed by atoms with Crippen molar-refractivity contribution in [1.82, 2.24) is 5.01 Å². The molecular weight excluding hydrogens is 460 g/mol. The maximum Gasteiger partial charge on any atom is 0.277 e. The van der Waals surface area contributed by atoms with Crippen molar-refractivity contribution in [2.24, 2.45) is 5.10 Å². The average Bonchev–Trinajstić information content (AvgIpc) is 3.22. The molecule has 6 nitrogen and oxygen atoms in total. The van der Waals surface area contributed by atoms with E-state index in [1.54, 1.807) is 18.3 Å². The van der Waals surface area contributed by atoms with Crippen LogP contribution in [0, 0.1) is 0 Å². The number of hydrogen-bond acceptors (Lipinski definition) is 5. The number of nitrogens with zero attached hydrogens (tertiary/aromatic N) is 2. The normalized spacial score (nSPS) is 13.7. The number of nitrogens with one attached hydrogen (secondary N) is 1.